The van der Waals surface area contributed by atoms with E-state index in [2.05, 4.69) is 16.0 Å². The average Bonchev–Trinajstić information content (AvgIpc) is 3.19. The predicted octanol–water partition coefficient (Wildman–Crippen LogP) is 3.23. The number of piperidine rings is 1. The molecule has 0 bridgehead atoms. The maximum absolute atomic E-state index is 13.1. The normalized spacial score (nSPS) is 18.2. The third kappa shape index (κ3) is 2.50. The van der Waals surface area contributed by atoms with Crippen molar-refractivity contribution in [3.63, 3.8) is 0 Å². The van der Waals surface area contributed by atoms with E-state index < -0.39 is 0 Å². The van der Waals surface area contributed by atoms with Gasteiger partial charge in [-0.05, 0) is 25.8 Å². The highest BCUT2D eigenvalue weighted by molar-refractivity contribution is 6.07. The number of likely N-dealkylation sites (tertiary alicyclic amines) is 1. The lowest BCUT2D eigenvalue weighted by Crippen LogP contribution is -2.39. The van der Waals surface area contributed by atoms with Crippen LogP contribution in [0.3, 0.4) is 0 Å². The lowest BCUT2D eigenvalue weighted by atomic mass is 9.96. The summed E-state index contributed by atoms with van der Waals surface area (Å²) in [5.41, 5.74) is 2.96. The molecular weight excluding hydrogens is 300 g/mol. The van der Waals surface area contributed by atoms with E-state index in [1.807, 2.05) is 54.0 Å². The Hall–Kier alpha value is -2.56. The first kappa shape index (κ1) is 15.0. The number of fused-ring (bicyclic) bond motifs is 1. The molecule has 2 aromatic heterocycles. The summed E-state index contributed by atoms with van der Waals surface area (Å²) >= 11 is 0. The quantitative estimate of drug-likeness (QED) is 0.787. The number of para-hydroxylation sites is 1. The molecule has 0 saturated carbocycles. The van der Waals surface area contributed by atoms with E-state index in [-0.39, 0.29) is 5.91 Å². The molecule has 1 aliphatic rings. The topological polar surface area (TPSA) is 53.9 Å². The second kappa shape index (κ2) is 5.82. The van der Waals surface area contributed by atoms with Gasteiger partial charge < -0.3 is 14.5 Å². The van der Waals surface area contributed by atoms with Gasteiger partial charge in [0, 0.05) is 55.0 Å². The van der Waals surface area contributed by atoms with Crippen molar-refractivity contribution in [2.75, 3.05) is 13.1 Å². The number of hydrogen-bond acceptors (Lipinski definition) is 2. The van der Waals surface area contributed by atoms with Crippen molar-refractivity contribution < 1.29 is 4.79 Å². The van der Waals surface area contributed by atoms with Gasteiger partial charge >= 0.3 is 0 Å². The molecule has 1 amide bonds. The number of rotatable bonds is 2. The minimum Gasteiger partial charge on any atom is -0.350 e. The molecular formula is C19H22N4O. The Balaban J connectivity index is 1.61. The van der Waals surface area contributed by atoms with Crippen molar-refractivity contribution in [3.05, 3.63) is 53.7 Å². The monoisotopic (exact) mass is 322 g/mol. The molecule has 1 atom stereocenters. The summed E-state index contributed by atoms with van der Waals surface area (Å²) in [5.74, 6) is 1.43. The molecule has 1 aromatic carbocycles. The van der Waals surface area contributed by atoms with Gasteiger partial charge in [-0.15, -0.1) is 0 Å². The summed E-state index contributed by atoms with van der Waals surface area (Å²) in [6, 6.07) is 8.08. The minimum atomic E-state index is 0.125. The highest BCUT2D eigenvalue weighted by Crippen LogP contribution is 2.28. The summed E-state index contributed by atoms with van der Waals surface area (Å²) in [6.07, 6.45) is 5.90. The van der Waals surface area contributed by atoms with E-state index in [9.17, 15) is 4.79 Å². The third-order valence-electron chi connectivity index (χ3n) is 4.95. The fourth-order valence-electron chi connectivity index (χ4n) is 3.71. The Morgan fingerprint density at radius 2 is 2.17 bits per heavy atom. The zero-order valence-electron chi connectivity index (χ0n) is 14.1. The van der Waals surface area contributed by atoms with Crippen LogP contribution in [-0.4, -0.2) is 38.4 Å². The highest BCUT2D eigenvalue weighted by Gasteiger charge is 2.28. The second-order valence-corrected chi connectivity index (χ2v) is 6.71. The van der Waals surface area contributed by atoms with Gasteiger partial charge in [0.15, 0.2) is 0 Å². The number of nitrogens with zero attached hydrogens (tertiary/aromatic N) is 3. The molecule has 0 spiro atoms. The van der Waals surface area contributed by atoms with Gasteiger partial charge in [0.2, 0.25) is 0 Å². The number of carbonyl (C=O) groups excluding carboxylic acids is 1. The molecule has 1 fully saturated rings. The van der Waals surface area contributed by atoms with E-state index in [4.69, 9.17) is 0 Å². The van der Waals surface area contributed by atoms with Crippen molar-refractivity contribution >= 4 is 16.8 Å². The van der Waals surface area contributed by atoms with Crippen molar-refractivity contribution in [2.45, 2.75) is 25.7 Å². The maximum Gasteiger partial charge on any atom is 0.256 e. The third-order valence-corrected chi connectivity index (χ3v) is 4.95. The number of benzene rings is 1. The molecule has 5 nitrogen and oxygen atoms in total. The molecule has 1 aliphatic heterocycles. The molecule has 0 radical (unpaired) electrons. The molecule has 4 rings (SSSR count). The standard InChI is InChI=1S/C19H22N4O/c1-13-10-20-18(21-13)14-6-5-9-23(11-14)19(24)16-12-22(2)17-8-4-3-7-15(16)17/h3-4,7-8,10,12,14H,5-6,9,11H2,1-2H3,(H,20,21)/t14-/m1/s1. The molecule has 5 heteroatoms. The van der Waals surface area contributed by atoms with Crippen LogP contribution in [0.25, 0.3) is 10.9 Å². The van der Waals surface area contributed by atoms with Crippen LogP contribution in [0.2, 0.25) is 0 Å². The maximum atomic E-state index is 13.1. The lowest BCUT2D eigenvalue weighted by molar-refractivity contribution is 0.0706. The second-order valence-electron chi connectivity index (χ2n) is 6.71. The van der Waals surface area contributed by atoms with E-state index in [1.165, 1.54) is 0 Å². The van der Waals surface area contributed by atoms with Gasteiger partial charge in [0.1, 0.15) is 5.82 Å². The van der Waals surface area contributed by atoms with Gasteiger partial charge in [-0.3, -0.25) is 4.79 Å². The van der Waals surface area contributed by atoms with E-state index >= 15 is 0 Å². The van der Waals surface area contributed by atoms with Gasteiger partial charge in [-0.2, -0.15) is 0 Å². The fraction of sp³-hybridized carbons (Fsp3) is 0.368. The Morgan fingerprint density at radius 3 is 2.96 bits per heavy atom. The van der Waals surface area contributed by atoms with Gasteiger partial charge in [-0.25, -0.2) is 4.98 Å². The first-order chi connectivity index (χ1) is 11.6. The van der Waals surface area contributed by atoms with Crippen molar-refractivity contribution in [2.24, 2.45) is 7.05 Å². The number of hydrogen-bond donors (Lipinski definition) is 1. The van der Waals surface area contributed by atoms with E-state index in [0.717, 1.165) is 53.9 Å². The summed E-state index contributed by atoms with van der Waals surface area (Å²) in [5, 5.41) is 1.03. The summed E-state index contributed by atoms with van der Waals surface area (Å²) in [7, 11) is 1.99. The largest absolute Gasteiger partial charge is 0.350 e. The fourth-order valence-corrected chi connectivity index (χ4v) is 3.71. The highest BCUT2D eigenvalue weighted by atomic mass is 16.2. The van der Waals surface area contributed by atoms with Gasteiger partial charge in [0.05, 0.1) is 5.56 Å². The zero-order chi connectivity index (χ0) is 16.7. The van der Waals surface area contributed by atoms with Crippen LogP contribution in [0.1, 0.15) is 40.6 Å². The number of aromatic nitrogens is 3. The molecule has 0 aliphatic carbocycles. The Morgan fingerprint density at radius 1 is 1.33 bits per heavy atom. The smallest absolute Gasteiger partial charge is 0.256 e. The number of amides is 1. The summed E-state index contributed by atoms with van der Waals surface area (Å²) in [6.45, 7) is 3.56. The molecule has 0 unspecified atom stereocenters. The van der Waals surface area contributed by atoms with E-state index in [1.54, 1.807) is 0 Å². The molecule has 24 heavy (non-hydrogen) atoms. The van der Waals surface area contributed by atoms with Crippen LogP contribution in [0.5, 0.6) is 0 Å². The molecule has 3 heterocycles. The Bertz CT molecular complexity index is 892. The number of nitrogens with one attached hydrogen (secondary N) is 1. The van der Waals surface area contributed by atoms with Crippen LogP contribution in [0.4, 0.5) is 0 Å². The lowest BCUT2D eigenvalue weighted by Gasteiger charge is -2.31. The first-order valence-corrected chi connectivity index (χ1v) is 8.48. The van der Waals surface area contributed by atoms with Crippen LogP contribution >= 0.6 is 0 Å². The number of aryl methyl sites for hydroxylation is 2. The number of H-pyrrole nitrogens is 1. The van der Waals surface area contributed by atoms with Gasteiger partial charge in [0.25, 0.3) is 5.91 Å². The molecule has 3 aromatic rings. The first-order valence-electron chi connectivity index (χ1n) is 8.48. The number of imidazole rings is 1. The minimum absolute atomic E-state index is 0.125. The van der Waals surface area contributed by atoms with Crippen molar-refractivity contribution in [3.8, 4) is 0 Å². The van der Waals surface area contributed by atoms with Crippen LogP contribution < -0.4 is 0 Å². The zero-order valence-corrected chi connectivity index (χ0v) is 14.1. The van der Waals surface area contributed by atoms with E-state index in [0.29, 0.717) is 5.92 Å². The van der Waals surface area contributed by atoms with Crippen molar-refractivity contribution in [1.82, 2.24) is 19.4 Å². The Labute approximate surface area is 141 Å². The SMILES string of the molecule is Cc1cnc([C@@H]2CCCN(C(=O)c3cn(C)c4ccccc34)C2)[nH]1. The number of aromatic amines is 1. The molecule has 1 saturated heterocycles. The average molecular weight is 322 g/mol. The van der Waals surface area contributed by atoms with Gasteiger partial charge in [-0.1, -0.05) is 18.2 Å². The summed E-state index contributed by atoms with van der Waals surface area (Å²) in [4.78, 5) is 22.9. The van der Waals surface area contributed by atoms with Crippen LogP contribution in [0, 0.1) is 6.92 Å². The molecule has 1 N–H and O–H groups in total. The van der Waals surface area contributed by atoms with Crippen LogP contribution in [-0.2, 0) is 7.05 Å². The molecule has 124 valence electrons. The van der Waals surface area contributed by atoms with Crippen LogP contribution in [0.15, 0.2) is 36.7 Å². The number of carbonyl (C=O) groups is 1. The van der Waals surface area contributed by atoms with Crippen molar-refractivity contribution in [1.29, 1.82) is 0 Å². The predicted molar refractivity (Wildman–Crippen MR) is 94.1 cm³/mol. The summed E-state index contributed by atoms with van der Waals surface area (Å²) < 4.78 is 2.03. The Kier molecular flexibility index (Phi) is 3.63.